The number of imidazole rings is 1. The van der Waals surface area contributed by atoms with Crippen LogP contribution in [0.15, 0.2) is 36.5 Å². The number of hydrogen-bond acceptors (Lipinski definition) is 4. The number of benzene rings is 1. The smallest absolute Gasteiger partial charge is 0.303 e. The molecule has 1 aliphatic heterocycles. The van der Waals surface area contributed by atoms with E-state index in [0.29, 0.717) is 25.4 Å². The molecule has 2 aromatic heterocycles. The molecular weight excluding hydrogens is 320 g/mol. The van der Waals surface area contributed by atoms with Crippen LogP contribution in [0.2, 0.25) is 0 Å². The number of carboxylic acids is 1. The summed E-state index contributed by atoms with van der Waals surface area (Å²) in [4.78, 5) is 15.8. The van der Waals surface area contributed by atoms with Crippen molar-refractivity contribution >= 4 is 11.6 Å². The van der Waals surface area contributed by atoms with Gasteiger partial charge in [-0.3, -0.25) is 4.79 Å². The minimum Gasteiger partial charge on any atom is -0.486 e. The summed E-state index contributed by atoms with van der Waals surface area (Å²) in [6, 6.07) is 9.66. The molecule has 0 atom stereocenters. The normalized spacial score (nSPS) is 13.2. The van der Waals surface area contributed by atoms with Gasteiger partial charge in [-0.1, -0.05) is 6.07 Å². The van der Waals surface area contributed by atoms with Crippen LogP contribution in [0.4, 0.5) is 0 Å². The number of carbonyl (C=O) groups is 1. The summed E-state index contributed by atoms with van der Waals surface area (Å²) in [5, 5.41) is 9.09. The molecule has 25 heavy (non-hydrogen) atoms. The van der Waals surface area contributed by atoms with Crippen molar-refractivity contribution in [1.82, 2.24) is 9.38 Å². The number of nitrogens with zero attached hydrogens (tertiary/aromatic N) is 2. The first-order valence-electron chi connectivity index (χ1n) is 8.21. The number of hydrogen-bond donors (Lipinski definition) is 1. The third kappa shape index (κ3) is 2.91. The third-order valence-corrected chi connectivity index (χ3v) is 4.26. The fraction of sp³-hybridized carbons (Fsp3) is 0.263. The van der Waals surface area contributed by atoms with Crippen LogP contribution < -0.4 is 9.47 Å². The maximum absolute atomic E-state index is 11.1. The standard InChI is InChI=1S/C19H18N2O4/c1-12-2-6-17-20-19(14(21(17)11-12)4-7-18(22)23)13-3-5-15-16(10-13)25-9-8-24-15/h2-3,5-6,10-11H,4,7-9H2,1H3,(H,22,23). The molecule has 1 aliphatic rings. The summed E-state index contributed by atoms with van der Waals surface area (Å²) < 4.78 is 13.2. The summed E-state index contributed by atoms with van der Waals surface area (Å²) in [6.45, 7) is 3.07. The van der Waals surface area contributed by atoms with Gasteiger partial charge in [0.25, 0.3) is 0 Å². The minimum absolute atomic E-state index is 0.0548. The maximum atomic E-state index is 11.1. The van der Waals surface area contributed by atoms with E-state index in [1.807, 2.05) is 47.9 Å². The summed E-state index contributed by atoms with van der Waals surface area (Å²) in [5.74, 6) is 0.596. The van der Waals surface area contributed by atoms with Crippen LogP contribution in [0, 0.1) is 6.92 Å². The van der Waals surface area contributed by atoms with E-state index in [-0.39, 0.29) is 6.42 Å². The van der Waals surface area contributed by atoms with Crippen LogP contribution in [0.25, 0.3) is 16.9 Å². The zero-order chi connectivity index (χ0) is 17.4. The van der Waals surface area contributed by atoms with Gasteiger partial charge in [0.05, 0.1) is 17.8 Å². The molecule has 0 bridgehead atoms. The summed E-state index contributed by atoms with van der Waals surface area (Å²) >= 11 is 0. The number of rotatable bonds is 4. The first-order valence-corrected chi connectivity index (χ1v) is 8.21. The van der Waals surface area contributed by atoms with Gasteiger partial charge in [-0.05, 0) is 36.8 Å². The first-order chi connectivity index (χ1) is 12.1. The Kier molecular flexibility index (Phi) is 3.80. The first kappa shape index (κ1) is 15.5. The van der Waals surface area contributed by atoms with E-state index >= 15 is 0 Å². The van der Waals surface area contributed by atoms with E-state index < -0.39 is 5.97 Å². The Morgan fingerprint density at radius 3 is 2.80 bits per heavy atom. The molecule has 3 heterocycles. The third-order valence-electron chi connectivity index (χ3n) is 4.26. The quantitative estimate of drug-likeness (QED) is 0.791. The van der Waals surface area contributed by atoms with Crippen molar-refractivity contribution in [2.45, 2.75) is 19.8 Å². The highest BCUT2D eigenvalue weighted by atomic mass is 16.6. The molecule has 0 aliphatic carbocycles. The number of aryl methyl sites for hydroxylation is 2. The molecular formula is C19H18N2O4. The highest BCUT2D eigenvalue weighted by Crippen LogP contribution is 2.35. The van der Waals surface area contributed by atoms with Crippen LogP contribution >= 0.6 is 0 Å². The SMILES string of the molecule is Cc1ccc2nc(-c3ccc4c(c3)OCCO4)c(CCC(=O)O)n2c1. The predicted octanol–water partition coefficient (Wildman–Crippen LogP) is 3.10. The van der Waals surface area contributed by atoms with Crippen LogP contribution in [-0.4, -0.2) is 33.7 Å². The minimum atomic E-state index is -0.823. The lowest BCUT2D eigenvalue weighted by molar-refractivity contribution is -0.136. The Labute approximate surface area is 144 Å². The molecule has 3 aromatic rings. The van der Waals surface area contributed by atoms with Gasteiger partial charge < -0.3 is 19.0 Å². The summed E-state index contributed by atoms with van der Waals surface area (Å²) in [6.07, 6.45) is 2.45. The van der Waals surface area contributed by atoms with Gasteiger partial charge in [0.2, 0.25) is 0 Å². The number of fused-ring (bicyclic) bond motifs is 2. The lowest BCUT2D eigenvalue weighted by atomic mass is 10.1. The molecule has 0 amide bonds. The highest BCUT2D eigenvalue weighted by Gasteiger charge is 2.18. The van der Waals surface area contributed by atoms with E-state index in [2.05, 4.69) is 0 Å². The zero-order valence-electron chi connectivity index (χ0n) is 13.9. The molecule has 128 valence electrons. The molecule has 1 N–H and O–H groups in total. The summed E-state index contributed by atoms with van der Waals surface area (Å²) in [7, 11) is 0. The van der Waals surface area contributed by atoms with Gasteiger partial charge in [-0.15, -0.1) is 0 Å². The Morgan fingerprint density at radius 2 is 2.00 bits per heavy atom. The average molecular weight is 338 g/mol. The van der Waals surface area contributed by atoms with Crippen molar-refractivity contribution in [3.63, 3.8) is 0 Å². The fourth-order valence-corrected chi connectivity index (χ4v) is 3.09. The van der Waals surface area contributed by atoms with Gasteiger partial charge in [0.1, 0.15) is 18.9 Å². The maximum Gasteiger partial charge on any atom is 0.303 e. The number of pyridine rings is 1. The Hall–Kier alpha value is -3.02. The second-order valence-electron chi connectivity index (χ2n) is 6.09. The van der Waals surface area contributed by atoms with Gasteiger partial charge >= 0.3 is 5.97 Å². The molecule has 0 radical (unpaired) electrons. The van der Waals surface area contributed by atoms with E-state index in [0.717, 1.165) is 33.9 Å². The number of ether oxygens (including phenoxy) is 2. The van der Waals surface area contributed by atoms with Crippen molar-refractivity contribution in [2.75, 3.05) is 13.2 Å². The van der Waals surface area contributed by atoms with Crippen LogP contribution in [-0.2, 0) is 11.2 Å². The van der Waals surface area contributed by atoms with Crippen LogP contribution in [0.1, 0.15) is 17.7 Å². The van der Waals surface area contributed by atoms with Crippen LogP contribution in [0.3, 0.4) is 0 Å². The number of aliphatic carboxylic acids is 1. The molecule has 0 spiro atoms. The highest BCUT2D eigenvalue weighted by molar-refractivity contribution is 5.72. The molecule has 6 nitrogen and oxygen atoms in total. The monoisotopic (exact) mass is 338 g/mol. The molecule has 0 saturated carbocycles. The largest absolute Gasteiger partial charge is 0.486 e. The zero-order valence-corrected chi connectivity index (χ0v) is 13.9. The molecule has 1 aromatic carbocycles. The van der Waals surface area contributed by atoms with E-state index in [1.54, 1.807) is 0 Å². The summed E-state index contributed by atoms with van der Waals surface area (Å²) in [5.41, 5.74) is 4.46. The van der Waals surface area contributed by atoms with Crippen molar-refractivity contribution in [3.8, 4) is 22.8 Å². The van der Waals surface area contributed by atoms with E-state index in [1.165, 1.54) is 0 Å². The van der Waals surface area contributed by atoms with Crippen molar-refractivity contribution in [1.29, 1.82) is 0 Å². The molecule has 0 saturated heterocycles. The number of aromatic nitrogens is 2. The van der Waals surface area contributed by atoms with Gasteiger partial charge in [-0.2, -0.15) is 0 Å². The molecule has 6 heteroatoms. The second kappa shape index (κ2) is 6.12. The average Bonchev–Trinajstić information content (AvgIpc) is 2.97. The van der Waals surface area contributed by atoms with E-state index in [9.17, 15) is 4.79 Å². The predicted molar refractivity (Wildman–Crippen MR) is 92.3 cm³/mol. The Balaban J connectivity index is 1.85. The van der Waals surface area contributed by atoms with Gasteiger partial charge in [-0.25, -0.2) is 4.98 Å². The van der Waals surface area contributed by atoms with Crippen molar-refractivity contribution < 1.29 is 19.4 Å². The van der Waals surface area contributed by atoms with Gasteiger partial charge in [0, 0.05) is 18.2 Å². The lowest BCUT2D eigenvalue weighted by Crippen LogP contribution is -2.15. The topological polar surface area (TPSA) is 73.1 Å². The van der Waals surface area contributed by atoms with Crippen molar-refractivity contribution in [2.24, 2.45) is 0 Å². The van der Waals surface area contributed by atoms with Gasteiger partial charge in [0.15, 0.2) is 11.5 Å². The van der Waals surface area contributed by atoms with Crippen LogP contribution in [0.5, 0.6) is 11.5 Å². The Bertz CT molecular complexity index is 961. The number of carboxylic acid groups (broad SMARTS) is 1. The lowest BCUT2D eigenvalue weighted by Gasteiger charge is -2.18. The second-order valence-corrected chi connectivity index (χ2v) is 6.09. The molecule has 0 fully saturated rings. The Morgan fingerprint density at radius 1 is 1.20 bits per heavy atom. The van der Waals surface area contributed by atoms with Crippen molar-refractivity contribution in [3.05, 3.63) is 47.8 Å². The van der Waals surface area contributed by atoms with E-state index in [4.69, 9.17) is 19.6 Å². The fourth-order valence-electron chi connectivity index (χ4n) is 3.09. The molecule has 4 rings (SSSR count). The molecule has 0 unspecified atom stereocenters.